The van der Waals surface area contributed by atoms with Crippen molar-refractivity contribution < 1.29 is 31.3 Å². The average Bonchev–Trinajstić information content (AvgIpc) is 3.38. The molecule has 1 aromatic heterocycles. The van der Waals surface area contributed by atoms with E-state index in [4.69, 9.17) is 18.3 Å². The molecule has 206 valence electrons. The van der Waals surface area contributed by atoms with Gasteiger partial charge < -0.3 is 18.3 Å². The second kappa shape index (κ2) is 12.2. The summed E-state index contributed by atoms with van der Waals surface area (Å²) in [5.74, 6) is 0.381. The maximum absolute atomic E-state index is 14.3. The first kappa shape index (κ1) is 28.6. The molecule has 4 aromatic rings. The summed E-state index contributed by atoms with van der Waals surface area (Å²) in [6.45, 7) is 5.19. The number of methoxy groups -OCH3 is 1. The van der Waals surface area contributed by atoms with E-state index in [1.807, 2.05) is 13.0 Å². The van der Waals surface area contributed by atoms with Crippen molar-refractivity contribution in [1.82, 2.24) is 5.16 Å². The predicted octanol–water partition coefficient (Wildman–Crippen LogP) is 5.95. The number of nitrogens with zero attached hydrogens (tertiary/aromatic N) is 2. The zero-order chi connectivity index (χ0) is 28.0. The smallest absolute Gasteiger partial charge is 0.369 e. The van der Waals surface area contributed by atoms with Crippen molar-refractivity contribution in [3.05, 3.63) is 90.0 Å². The third-order valence-electron chi connectivity index (χ3n) is 5.89. The number of aromatic nitrogens is 1. The van der Waals surface area contributed by atoms with Gasteiger partial charge in [0.2, 0.25) is 0 Å². The minimum atomic E-state index is -4.23. The molecule has 0 amide bonds. The fourth-order valence-corrected chi connectivity index (χ4v) is 7.28. The van der Waals surface area contributed by atoms with Crippen molar-refractivity contribution >= 4 is 28.8 Å². The van der Waals surface area contributed by atoms with Gasteiger partial charge in [-0.2, -0.15) is 0 Å². The van der Waals surface area contributed by atoms with Crippen LogP contribution in [0.5, 0.6) is 5.75 Å². The summed E-state index contributed by atoms with van der Waals surface area (Å²) in [6, 6.07) is 22.3. The van der Waals surface area contributed by atoms with Crippen LogP contribution in [0.15, 0.2) is 88.3 Å². The Morgan fingerprint density at radius 3 is 2.08 bits per heavy atom. The van der Waals surface area contributed by atoms with Crippen LogP contribution in [0, 0.1) is 6.92 Å². The molecule has 1 heterocycles. The Bertz CT molecular complexity index is 1530. The van der Waals surface area contributed by atoms with Gasteiger partial charge in [0.25, 0.3) is 15.9 Å². The second-order valence-corrected chi connectivity index (χ2v) is 12.4. The summed E-state index contributed by atoms with van der Waals surface area (Å²) in [5.41, 5.74) is 2.28. The van der Waals surface area contributed by atoms with Crippen LogP contribution in [0.2, 0.25) is 0 Å². The summed E-state index contributed by atoms with van der Waals surface area (Å²) in [4.78, 5) is 0.0351. The average molecular weight is 571 g/mol. The largest absolute Gasteiger partial charge is 0.497 e. The molecule has 0 bridgehead atoms. The van der Waals surface area contributed by atoms with Gasteiger partial charge in [0.05, 0.1) is 31.8 Å². The van der Waals surface area contributed by atoms with E-state index >= 15 is 0 Å². The molecule has 0 N–H and O–H groups in total. The van der Waals surface area contributed by atoms with Gasteiger partial charge in [-0.25, -0.2) is 12.7 Å². The SMILES string of the molecule is CCOP(=O)(OCC)c1c(-c2ccccc2)noc1N(Cc1ccc(OC)cc1)S(=O)(=O)c1ccc(C)cc1. The molecular formula is C28H31N2O7PS. The summed E-state index contributed by atoms with van der Waals surface area (Å²) in [5, 5.41) is 4.14. The highest BCUT2D eigenvalue weighted by molar-refractivity contribution is 7.92. The highest BCUT2D eigenvalue weighted by atomic mass is 32.2. The van der Waals surface area contributed by atoms with Gasteiger partial charge in [0.15, 0.2) is 5.30 Å². The van der Waals surface area contributed by atoms with Crippen molar-refractivity contribution in [2.24, 2.45) is 0 Å². The van der Waals surface area contributed by atoms with E-state index in [0.29, 0.717) is 16.9 Å². The van der Waals surface area contributed by atoms with Gasteiger partial charge in [0, 0.05) is 5.56 Å². The number of ether oxygens (including phenoxy) is 1. The maximum Gasteiger partial charge on any atom is 0.369 e. The molecule has 0 aliphatic carbocycles. The number of hydrogen-bond acceptors (Lipinski definition) is 8. The van der Waals surface area contributed by atoms with Gasteiger partial charge in [-0.05, 0) is 50.6 Å². The number of rotatable bonds is 12. The first-order valence-electron chi connectivity index (χ1n) is 12.4. The Morgan fingerprint density at radius 2 is 1.51 bits per heavy atom. The monoisotopic (exact) mass is 570 g/mol. The van der Waals surface area contributed by atoms with Crippen LogP contribution in [0.1, 0.15) is 25.0 Å². The molecule has 3 aromatic carbocycles. The van der Waals surface area contributed by atoms with Crippen LogP contribution >= 0.6 is 7.60 Å². The minimum absolute atomic E-state index is 0.0351. The van der Waals surface area contributed by atoms with Gasteiger partial charge >= 0.3 is 7.60 Å². The molecule has 9 nitrogen and oxygen atoms in total. The summed E-state index contributed by atoms with van der Waals surface area (Å²) in [6.07, 6.45) is 0. The Kier molecular flexibility index (Phi) is 8.92. The minimum Gasteiger partial charge on any atom is -0.497 e. The molecule has 0 fully saturated rings. The lowest BCUT2D eigenvalue weighted by Gasteiger charge is -2.25. The summed E-state index contributed by atoms with van der Waals surface area (Å²) in [7, 11) is -6.77. The Hall–Kier alpha value is -3.43. The number of benzene rings is 3. The standard InChI is InChI=1S/C28H31N2O7PS/c1-5-35-38(31,36-6-2)27-26(23-10-8-7-9-11-23)29-37-28(27)30(20-22-14-16-24(34-4)17-15-22)39(32,33)25-18-12-21(3)13-19-25/h7-19H,5-6,20H2,1-4H3. The molecule has 39 heavy (non-hydrogen) atoms. The van der Waals surface area contributed by atoms with Crippen LogP contribution in [-0.2, 0) is 30.2 Å². The van der Waals surface area contributed by atoms with Crippen molar-refractivity contribution in [3.63, 3.8) is 0 Å². The second-order valence-electron chi connectivity index (χ2n) is 8.56. The van der Waals surface area contributed by atoms with E-state index in [2.05, 4.69) is 5.16 Å². The first-order chi connectivity index (χ1) is 18.7. The molecule has 0 aliphatic heterocycles. The third-order valence-corrected chi connectivity index (χ3v) is 9.78. The van der Waals surface area contributed by atoms with Crippen molar-refractivity contribution in [1.29, 1.82) is 0 Å². The first-order valence-corrected chi connectivity index (χ1v) is 15.4. The maximum atomic E-state index is 14.3. The van der Waals surface area contributed by atoms with Crippen molar-refractivity contribution in [2.75, 3.05) is 24.6 Å². The lowest BCUT2D eigenvalue weighted by Crippen LogP contribution is -2.34. The molecular weight excluding hydrogens is 539 g/mol. The van der Waals surface area contributed by atoms with E-state index in [1.54, 1.807) is 81.6 Å². The summed E-state index contributed by atoms with van der Waals surface area (Å²) < 4.78 is 66.0. The zero-order valence-electron chi connectivity index (χ0n) is 22.2. The zero-order valence-corrected chi connectivity index (χ0v) is 23.9. The molecule has 0 radical (unpaired) electrons. The molecule has 4 rings (SSSR count). The van der Waals surface area contributed by atoms with Gasteiger partial charge in [-0.3, -0.25) is 4.57 Å². The quantitative estimate of drug-likeness (QED) is 0.193. The Labute approximate surface area is 228 Å². The molecule has 0 aliphatic rings. The fraction of sp³-hybridized carbons (Fsp3) is 0.250. The van der Waals surface area contributed by atoms with Gasteiger partial charge in [-0.15, -0.1) is 0 Å². The summed E-state index contributed by atoms with van der Waals surface area (Å²) >= 11 is 0. The Morgan fingerprint density at radius 1 is 0.897 bits per heavy atom. The molecule has 0 atom stereocenters. The van der Waals surface area contributed by atoms with E-state index in [0.717, 1.165) is 9.87 Å². The predicted molar refractivity (Wildman–Crippen MR) is 150 cm³/mol. The lowest BCUT2D eigenvalue weighted by molar-refractivity contribution is 0.230. The van der Waals surface area contributed by atoms with E-state index in [9.17, 15) is 13.0 Å². The van der Waals surface area contributed by atoms with Crippen LogP contribution in [0.3, 0.4) is 0 Å². The van der Waals surface area contributed by atoms with Crippen LogP contribution in [0.4, 0.5) is 5.88 Å². The molecule has 0 unspecified atom stereocenters. The van der Waals surface area contributed by atoms with E-state index in [1.165, 1.54) is 12.1 Å². The van der Waals surface area contributed by atoms with Crippen LogP contribution < -0.4 is 14.3 Å². The van der Waals surface area contributed by atoms with Crippen LogP contribution in [0.25, 0.3) is 11.3 Å². The van der Waals surface area contributed by atoms with Gasteiger partial charge in [-0.1, -0.05) is 65.3 Å². The number of sulfonamides is 1. The lowest BCUT2D eigenvalue weighted by atomic mass is 10.1. The normalized spacial score (nSPS) is 11.9. The molecule has 0 saturated heterocycles. The molecule has 0 spiro atoms. The topological polar surface area (TPSA) is 108 Å². The number of aryl methyl sites for hydroxylation is 1. The van der Waals surface area contributed by atoms with Gasteiger partial charge in [0.1, 0.15) is 11.4 Å². The number of anilines is 1. The molecule has 11 heteroatoms. The highest BCUT2D eigenvalue weighted by Crippen LogP contribution is 2.52. The van der Waals surface area contributed by atoms with E-state index < -0.39 is 17.6 Å². The fourth-order valence-electron chi connectivity index (χ4n) is 3.98. The van der Waals surface area contributed by atoms with Crippen LogP contribution in [-0.4, -0.2) is 33.9 Å². The third kappa shape index (κ3) is 6.09. The Balaban J connectivity index is 1.98. The molecule has 0 saturated carbocycles. The highest BCUT2D eigenvalue weighted by Gasteiger charge is 2.42. The van der Waals surface area contributed by atoms with E-state index in [-0.39, 0.29) is 41.5 Å². The van der Waals surface area contributed by atoms with Crippen molar-refractivity contribution in [3.8, 4) is 17.0 Å². The number of hydrogen-bond donors (Lipinski definition) is 0. The van der Waals surface area contributed by atoms with Crippen molar-refractivity contribution in [2.45, 2.75) is 32.2 Å².